The molecule has 0 bridgehead atoms. The molecular weight excluding hydrogens is 232 g/mol. The maximum Gasteiger partial charge on any atom is 0.184 e. The molecular formula is C12H16N4O2. The Labute approximate surface area is 106 Å². The Morgan fingerprint density at radius 1 is 1.33 bits per heavy atom. The fourth-order valence-corrected chi connectivity index (χ4v) is 1.67. The third-order valence-electron chi connectivity index (χ3n) is 2.53. The number of rotatable bonds is 5. The van der Waals surface area contributed by atoms with Gasteiger partial charge < -0.3 is 14.8 Å². The summed E-state index contributed by atoms with van der Waals surface area (Å²) in [6, 6.07) is 1.77. The number of aryl methyl sites for hydroxylation is 1. The highest BCUT2D eigenvalue weighted by Crippen LogP contribution is 2.29. The molecule has 2 rings (SSSR count). The van der Waals surface area contributed by atoms with Gasteiger partial charge in [0.2, 0.25) is 0 Å². The molecule has 0 saturated heterocycles. The highest BCUT2D eigenvalue weighted by molar-refractivity contribution is 5.45. The second-order valence-corrected chi connectivity index (χ2v) is 3.75. The van der Waals surface area contributed by atoms with E-state index in [2.05, 4.69) is 15.4 Å². The molecule has 0 amide bonds. The van der Waals surface area contributed by atoms with Crippen LogP contribution in [-0.2, 0) is 13.6 Å². The summed E-state index contributed by atoms with van der Waals surface area (Å²) >= 11 is 0. The van der Waals surface area contributed by atoms with Crippen LogP contribution in [0.25, 0.3) is 0 Å². The number of methoxy groups -OCH3 is 2. The fourth-order valence-electron chi connectivity index (χ4n) is 1.67. The normalized spacial score (nSPS) is 10.2. The molecule has 2 heterocycles. The van der Waals surface area contributed by atoms with Gasteiger partial charge in [0.25, 0.3) is 0 Å². The zero-order valence-electron chi connectivity index (χ0n) is 10.7. The van der Waals surface area contributed by atoms with Gasteiger partial charge in [0.05, 0.1) is 32.6 Å². The van der Waals surface area contributed by atoms with Crippen LogP contribution in [0.3, 0.4) is 0 Å². The molecule has 6 nitrogen and oxygen atoms in total. The Balaban J connectivity index is 2.13. The number of nitrogens with zero attached hydrogens (tertiary/aromatic N) is 3. The molecule has 0 unspecified atom stereocenters. The minimum absolute atomic E-state index is 0.548. The minimum Gasteiger partial charge on any atom is -0.493 e. The number of aromatic nitrogens is 3. The van der Waals surface area contributed by atoms with Crippen molar-refractivity contribution in [2.45, 2.75) is 6.54 Å². The smallest absolute Gasteiger partial charge is 0.184 e. The van der Waals surface area contributed by atoms with Crippen LogP contribution in [0.15, 0.2) is 24.7 Å². The van der Waals surface area contributed by atoms with Gasteiger partial charge in [-0.15, -0.1) is 0 Å². The quantitative estimate of drug-likeness (QED) is 0.867. The SMILES string of the molecule is COc1ccnc(CNc2cnn(C)c2)c1OC. The van der Waals surface area contributed by atoms with Crippen LogP contribution in [0.2, 0.25) is 0 Å². The van der Waals surface area contributed by atoms with Crippen molar-refractivity contribution in [3.8, 4) is 11.5 Å². The summed E-state index contributed by atoms with van der Waals surface area (Å²) in [5, 5.41) is 7.31. The van der Waals surface area contributed by atoms with E-state index in [0.29, 0.717) is 18.0 Å². The Morgan fingerprint density at radius 2 is 2.17 bits per heavy atom. The van der Waals surface area contributed by atoms with Gasteiger partial charge in [0, 0.05) is 25.5 Å². The van der Waals surface area contributed by atoms with Gasteiger partial charge in [-0.1, -0.05) is 0 Å². The van der Waals surface area contributed by atoms with Gasteiger partial charge >= 0.3 is 0 Å². The van der Waals surface area contributed by atoms with Gasteiger partial charge in [-0.3, -0.25) is 9.67 Å². The first-order valence-electron chi connectivity index (χ1n) is 5.53. The van der Waals surface area contributed by atoms with Crippen LogP contribution in [0.4, 0.5) is 5.69 Å². The van der Waals surface area contributed by atoms with Gasteiger partial charge in [0.1, 0.15) is 5.69 Å². The van der Waals surface area contributed by atoms with Gasteiger partial charge in [-0.25, -0.2) is 0 Å². The molecule has 6 heteroatoms. The maximum atomic E-state index is 5.31. The molecule has 1 N–H and O–H groups in total. The number of pyridine rings is 1. The van der Waals surface area contributed by atoms with Crippen molar-refractivity contribution in [3.63, 3.8) is 0 Å². The summed E-state index contributed by atoms with van der Waals surface area (Å²) < 4.78 is 12.3. The molecule has 0 radical (unpaired) electrons. The molecule has 0 atom stereocenters. The average Bonchev–Trinajstić information content (AvgIpc) is 2.81. The summed E-state index contributed by atoms with van der Waals surface area (Å²) in [7, 11) is 5.08. The molecule has 96 valence electrons. The van der Waals surface area contributed by atoms with Crippen LogP contribution >= 0.6 is 0 Å². The van der Waals surface area contributed by atoms with Crippen LogP contribution < -0.4 is 14.8 Å². The van der Waals surface area contributed by atoms with E-state index in [-0.39, 0.29) is 0 Å². The number of nitrogens with one attached hydrogen (secondary N) is 1. The summed E-state index contributed by atoms with van der Waals surface area (Å²) in [6.07, 6.45) is 5.35. The van der Waals surface area contributed by atoms with E-state index in [9.17, 15) is 0 Å². The number of ether oxygens (including phenoxy) is 2. The highest BCUT2D eigenvalue weighted by atomic mass is 16.5. The Morgan fingerprint density at radius 3 is 2.78 bits per heavy atom. The van der Waals surface area contributed by atoms with Crippen molar-refractivity contribution in [1.29, 1.82) is 0 Å². The predicted octanol–water partition coefficient (Wildman–Crippen LogP) is 1.44. The first kappa shape index (κ1) is 12.2. The minimum atomic E-state index is 0.548. The Hall–Kier alpha value is -2.24. The van der Waals surface area contributed by atoms with Crippen molar-refractivity contribution in [2.75, 3.05) is 19.5 Å². The molecule has 18 heavy (non-hydrogen) atoms. The van der Waals surface area contributed by atoms with E-state index < -0.39 is 0 Å². The van der Waals surface area contributed by atoms with Crippen LogP contribution in [0.5, 0.6) is 11.5 Å². The third-order valence-corrected chi connectivity index (χ3v) is 2.53. The predicted molar refractivity (Wildman–Crippen MR) is 67.9 cm³/mol. The zero-order valence-corrected chi connectivity index (χ0v) is 10.7. The number of hydrogen-bond donors (Lipinski definition) is 1. The fraction of sp³-hybridized carbons (Fsp3) is 0.333. The standard InChI is InChI=1S/C12H16N4O2/c1-16-8-9(6-15-16)14-7-10-12(18-3)11(17-2)4-5-13-10/h4-6,8,14H,7H2,1-3H3. The first-order valence-corrected chi connectivity index (χ1v) is 5.53. The number of hydrogen-bond acceptors (Lipinski definition) is 5. The van der Waals surface area contributed by atoms with Crippen molar-refractivity contribution in [2.24, 2.45) is 7.05 Å². The van der Waals surface area contributed by atoms with E-state index in [1.54, 1.807) is 37.4 Å². The van der Waals surface area contributed by atoms with Crippen LogP contribution in [0, 0.1) is 0 Å². The summed E-state index contributed by atoms with van der Waals surface area (Å²) in [4.78, 5) is 4.29. The molecule has 2 aromatic rings. The largest absolute Gasteiger partial charge is 0.493 e. The van der Waals surface area contributed by atoms with E-state index in [1.165, 1.54) is 0 Å². The Bertz CT molecular complexity index is 525. The lowest BCUT2D eigenvalue weighted by Crippen LogP contribution is -2.04. The lowest BCUT2D eigenvalue weighted by atomic mass is 10.3. The van der Waals surface area contributed by atoms with Crippen molar-refractivity contribution in [1.82, 2.24) is 14.8 Å². The van der Waals surface area contributed by atoms with E-state index in [4.69, 9.17) is 9.47 Å². The second kappa shape index (κ2) is 5.39. The third kappa shape index (κ3) is 2.53. The molecule has 0 spiro atoms. The van der Waals surface area contributed by atoms with Crippen LogP contribution in [-0.4, -0.2) is 29.0 Å². The van der Waals surface area contributed by atoms with Crippen LogP contribution in [0.1, 0.15) is 5.69 Å². The lowest BCUT2D eigenvalue weighted by Gasteiger charge is -2.11. The molecule has 0 aromatic carbocycles. The average molecular weight is 248 g/mol. The maximum absolute atomic E-state index is 5.31. The second-order valence-electron chi connectivity index (χ2n) is 3.75. The molecule has 0 fully saturated rings. The first-order chi connectivity index (χ1) is 8.74. The van der Waals surface area contributed by atoms with Crippen molar-refractivity contribution >= 4 is 5.69 Å². The van der Waals surface area contributed by atoms with Gasteiger partial charge in [-0.05, 0) is 0 Å². The highest BCUT2D eigenvalue weighted by Gasteiger charge is 2.10. The molecule has 0 aliphatic carbocycles. The molecule has 0 aliphatic rings. The molecule has 0 saturated carbocycles. The van der Waals surface area contributed by atoms with Crippen molar-refractivity contribution in [3.05, 3.63) is 30.4 Å². The van der Waals surface area contributed by atoms with E-state index >= 15 is 0 Å². The summed E-state index contributed by atoms with van der Waals surface area (Å²) in [6.45, 7) is 0.548. The lowest BCUT2D eigenvalue weighted by molar-refractivity contribution is 0.350. The van der Waals surface area contributed by atoms with Crippen molar-refractivity contribution < 1.29 is 9.47 Å². The topological polar surface area (TPSA) is 61.2 Å². The Kier molecular flexibility index (Phi) is 3.66. The van der Waals surface area contributed by atoms with Gasteiger partial charge in [0.15, 0.2) is 11.5 Å². The van der Waals surface area contributed by atoms with Gasteiger partial charge in [-0.2, -0.15) is 5.10 Å². The molecule has 0 aliphatic heterocycles. The summed E-state index contributed by atoms with van der Waals surface area (Å²) in [5.74, 6) is 1.33. The van der Waals surface area contributed by atoms with E-state index in [1.807, 2.05) is 13.2 Å². The summed E-state index contributed by atoms with van der Waals surface area (Å²) in [5.41, 5.74) is 1.73. The zero-order chi connectivity index (χ0) is 13.0. The molecule has 2 aromatic heterocycles. The monoisotopic (exact) mass is 248 g/mol. The number of anilines is 1. The van der Waals surface area contributed by atoms with E-state index in [0.717, 1.165) is 11.4 Å².